The maximum Gasteiger partial charge on any atom is 0.131 e. The summed E-state index contributed by atoms with van der Waals surface area (Å²) < 4.78 is 28.5. The van der Waals surface area contributed by atoms with Crippen molar-refractivity contribution >= 4 is 5.71 Å². The molecule has 3 saturated heterocycles. The largest absolute Gasteiger partial charge is 0.294 e. The number of nitrogens with zero attached hydrogens (tertiary/aromatic N) is 2. The SMILES string of the molecule is Fc1cccc(F)c1C/N=C1\C2CCN(CC2)C1C(c1ccccc1)c1ccccc1. The van der Waals surface area contributed by atoms with E-state index in [0.29, 0.717) is 5.92 Å². The molecule has 3 heterocycles. The topological polar surface area (TPSA) is 15.6 Å². The maximum atomic E-state index is 14.3. The molecular formula is C27H26F2N2. The fourth-order valence-corrected chi connectivity index (χ4v) is 5.24. The number of halogens is 2. The average Bonchev–Trinajstić information content (AvgIpc) is 2.82. The van der Waals surface area contributed by atoms with E-state index in [2.05, 4.69) is 53.4 Å². The molecule has 3 aliphatic rings. The van der Waals surface area contributed by atoms with Crippen molar-refractivity contribution in [3.8, 4) is 0 Å². The number of piperidine rings is 3. The van der Waals surface area contributed by atoms with Crippen LogP contribution in [0.15, 0.2) is 83.9 Å². The summed E-state index contributed by atoms with van der Waals surface area (Å²) >= 11 is 0. The summed E-state index contributed by atoms with van der Waals surface area (Å²) in [6.07, 6.45) is 2.12. The van der Waals surface area contributed by atoms with E-state index < -0.39 is 11.6 Å². The summed E-state index contributed by atoms with van der Waals surface area (Å²) in [6, 6.07) is 25.2. The minimum Gasteiger partial charge on any atom is -0.294 e. The van der Waals surface area contributed by atoms with Crippen molar-refractivity contribution in [2.75, 3.05) is 13.1 Å². The molecule has 6 rings (SSSR count). The van der Waals surface area contributed by atoms with Crippen LogP contribution in [0.4, 0.5) is 8.78 Å². The van der Waals surface area contributed by atoms with Gasteiger partial charge >= 0.3 is 0 Å². The van der Waals surface area contributed by atoms with Crippen molar-refractivity contribution in [1.82, 2.24) is 4.90 Å². The minimum absolute atomic E-state index is 0.0466. The standard InChI is InChI=1S/C27H26F2N2/c28-23-12-7-13-24(29)22(23)18-30-26-21-14-16-31(17-15-21)27(26)25(19-8-3-1-4-9-19)20-10-5-2-6-11-20/h1-13,21,25,27H,14-18H2/b30-26+. The van der Waals surface area contributed by atoms with Crippen LogP contribution in [0.2, 0.25) is 0 Å². The lowest BCUT2D eigenvalue weighted by molar-refractivity contribution is 0.135. The number of fused-ring (bicyclic) bond motifs is 3. The Balaban J connectivity index is 1.58. The highest BCUT2D eigenvalue weighted by molar-refractivity contribution is 5.94. The average molecular weight is 417 g/mol. The van der Waals surface area contributed by atoms with Gasteiger partial charge in [0.05, 0.1) is 12.6 Å². The third kappa shape index (κ3) is 3.92. The quantitative estimate of drug-likeness (QED) is 0.511. The van der Waals surface area contributed by atoms with Gasteiger partial charge in [-0.05, 0) is 49.2 Å². The van der Waals surface area contributed by atoms with Crippen LogP contribution >= 0.6 is 0 Å². The monoisotopic (exact) mass is 416 g/mol. The second kappa shape index (κ2) is 8.72. The summed E-state index contributed by atoms with van der Waals surface area (Å²) in [5.74, 6) is -0.538. The van der Waals surface area contributed by atoms with E-state index in [1.165, 1.54) is 29.3 Å². The van der Waals surface area contributed by atoms with Crippen molar-refractivity contribution in [3.63, 3.8) is 0 Å². The zero-order chi connectivity index (χ0) is 21.2. The van der Waals surface area contributed by atoms with E-state index in [4.69, 9.17) is 4.99 Å². The Hall–Kier alpha value is -2.85. The summed E-state index contributed by atoms with van der Waals surface area (Å²) in [7, 11) is 0. The smallest absolute Gasteiger partial charge is 0.131 e. The third-order valence-electron chi connectivity index (χ3n) is 6.76. The highest BCUT2D eigenvalue weighted by Crippen LogP contribution is 2.40. The Kier molecular flexibility index (Phi) is 5.65. The zero-order valence-corrected chi connectivity index (χ0v) is 17.4. The molecule has 3 aromatic rings. The second-order valence-electron chi connectivity index (χ2n) is 8.50. The molecule has 3 aliphatic heterocycles. The molecule has 0 spiro atoms. The van der Waals surface area contributed by atoms with Crippen molar-refractivity contribution in [3.05, 3.63) is 107 Å². The van der Waals surface area contributed by atoms with Crippen LogP contribution < -0.4 is 0 Å². The third-order valence-corrected chi connectivity index (χ3v) is 6.76. The highest BCUT2D eigenvalue weighted by Gasteiger charge is 2.43. The van der Waals surface area contributed by atoms with E-state index in [1.54, 1.807) is 0 Å². The lowest BCUT2D eigenvalue weighted by Gasteiger charge is -2.49. The number of hydrogen-bond donors (Lipinski definition) is 0. The summed E-state index contributed by atoms with van der Waals surface area (Å²) in [5.41, 5.74) is 3.64. The number of rotatable bonds is 5. The fourth-order valence-electron chi connectivity index (χ4n) is 5.24. The van der Waals surface area contributed by atoms with Gasteiger partial charge in [0.2, 0.25) is 0 Å². The molecule has 0 saturated carbocycles. The number of aliphatic imine (C=N–C) groups is 1. The molecule has 0 amide bonds. The molecule has 3 fully saturated rings. The van der Waals surface area contributed by atoms with E-state index in [9.17, 15) is 8.78 Å². The summed E-state index contributed by atoms with van der Waals surface area (Å²) in [6.45, 7) is 2.13. The van der Waals surface area contributed by atoms with Crippen molar-refractivity contribution < 1.29 is 8.78 Å². The summed E-state index contributed by atoms with van der Waals surface area (Å²) in [4.78, 5) is 7.42. The van der Waals surface area contributed by atoms with Crippen LogP contribution in [-0.4, -0.2) is 29.7 Å². The van der Waals surface area contributed by atoms with Gasteiger partial charge in [-0.2, -0.15) is 0 Å². The Morgan fingerprint density at radius 2 is 1.32 bits per heavy atom. The predicted molar refractivity (Wildman–Crippen MR) is 120 cm³/mol. The zero-order valence-electron chi connectivity index (χ0n) is 17.4. The molecule has 2 bridgehead atoms. The molecular weight excluding hydrogens is 390 g/mol. The predicted octanol–water partition coefficient (Wildman–Crippen LogP) is 5.83. The van der Waals surface area contributed by atoms with Crippen LogP contribution in [-0.2, 0) is 6.54 Å². The number of benzene rings is 3. The van der Waals surface area contributed by atoms with Crippen molar-refractivity contribution in [2.24, 2.45) is 10.9 Å². The molecule has 0 radical (unpaired) electrons. The lowest BCUT2D eigenvalue weighted by Crippen LogP contribution is -2.58. The molecule has 0 aromatic heterocycles. The van der Waals surface area contributed by atoms with Gasteiger partial charge in [-0.15, -0.1) is 0 Å². The highest BCUT2D eigenvalue weighted by atomic mass is 19.1. The number of hydrogen-bond acceptors (Lipinski definition) is 2. The van der Waals surface area contributed by atoms with E-state index in [0.717, 1.165) is 31.6 Å². The molecule has 1 unspecified atom stereocenters. The molecule has 0 aliphatic carbocycles. The first-order valence-corrected chi connectivity index (χ1v) is 11.0. The second-order valence-corrected chi connectivity index (χ2v) is 8.50. The summed E-state index contributed by atoms with van der Waals surface area (Å²) in [5, 5.41) is 0. The van der Waals surface area contributed by atoms with E-state index in [-0.39, 0.29) is 24.1 Å². The van der Waals surface area contributed by atoms with Gasteiger partial charge in [-0.25, -0.2) is 8.78 Å². The minimum atomic E-state index is -0.523. The van der Waals surface area contributed by atoms with Crippen LogP contribution in [0.25, 0.3) is 0 Å². The van der Waals surface area contributed by atoms with Gasteiger partial charge in [0.25, 0.3) is 0 Å². The Morgan fingerprint density at radius 3 is 1.87 bits per heavy atom. The molecule has 1 atom stereocenters. The maximum absolute atomic E-state index is 14.3. The van der Waals surface area contributed by atoms with Crippen molar-refractivity contribution in [1.29, 1.82) is 0 Å². The van der Waals surface area contributed by atoms with Crippen LogP contribution in [0.5, 0.6) is 0 Å². The van der Waals surface area contributed by atoms with Gasteiger partial charge in [-0.1, -0.05) is 66.7 Å². The Labute approximate surface area is 182 Å². The van der Waals surface area contributed by atoms with Gasteiger partial charge < -0.3 is 0 Å². The van der Waals surface area contributed by atoms with Crippen LogP contribution in [0.1, 0.15) is 35.4 Å². The fraction of sp³-hybridized carbons (Fsp3) is 0.296. The van der Waals surface area contributed by atoms with Gasteiger partial charge in [0.15, 0.2) is 0 Å². The Bertz CT molecular complexity index is 997. The molecule has 31 heavy (non-hydrogen) atoms. The first-order chi connectivity index (χ1) is 15.2. The molecule has 158 valence electrons. The normalized spacial score (nSPS) is 24.1. The molecule has 0 N–H and O–H groups in total. The van der Waals surface area contributed by atoms with E-state index >= 15 is 0 Å². The van der Waals surface area contributed by atoms with Gasteiger partial charge in [0, 0.05) is 23.1 Å². The first kappa shape index (κ1) is 20.1. The van der Waals surface area contributed by atoms with Crippen LogP contribution in [0, 0.1) is 17.6 Å². The Morgan fingerprint density at radius 1 is 0.774 bits per heavy atom. The van der Waals surface area contributed by atoms with Crippen LogP contribution in [0.3, 0.4) is 0 Å². The van der Waals surface area contributed by atoms with Crippen molar-refractivity contribution in [2.45, 2.75) is 31.3 Å². The lowest BCUT2D eigenvalue weighted by atomic mass is 9.72. The van der Waals surface area contributed by atoms with Gasteiger partial charge in [0.1, 0.15) is 11.6 Å². The first-order valence-electron chi connectivity index (χ1n) is 11.0. The molecule has 4 heteroatoms. The molecule has 2 nitrogen and oxygen atoms in total. The van der Waals surface area contributed by atoms with Gasteiger partial charge in [-0.3, -0.25) is 9.89 Å². The molecule has 3 aromatic carbocycles. The van der Waals surface area contributed by atoms with E-state index in [1.807, 2.05) is 12.1 Å².